The molecule has 254 valence electrons. The molecule has 0 aromatic carbocycles. The Balaban J connectivity index is 1.23. The molecule has 22 nitrogen and oxygen atoms in total. The number of fused-ring (bicyclic) bond motifs is 5. The summed E-state index contributed by atoms with van der Waals surface area (Å²) in [4.78, 5) is 52.6. The Morgan fingerprint density at radius 1 is 1.00 bits per heavy atom. The van der Waals surface area contributed by atoms with Crippen molar-refractivity contribution >= 4 is 49.6 Å². The number of nitrogens with one attached hydrogen (secondary N) is 1. The highest BCUT2D eigenvalue weighted by Gasteiger charge is 2.54. The standard InChI is InChI=1S/C23H29N9O13P2/c1-2-39-15-11-6-41-46(35,36)44-14-10(42-21(13(14)33)31-4-3-9-17(24)26-7-27-18(9)31)5-40-47(37,38)45-16(15)22(43-11)32-8-28-12-19(32)29-23(25)30-20(12)34/h3-4,7-8,10-11,13-16,21-22,33H,2,5-6H2,1H3,(H,35,36)(H,37,38)(H2,24,26,27)(H3,25,29,30,34)/t10-,11-,13+,14?,15?,16+,21-,22-/m1/s1. The minimum Gasteiger partial charge on any atom is -0.386 e. The lowest BCUT2D eigenvalue weighted by Gasteiger charge is -2.26. The number of anilines is 2. The first-order valence-corrected chi connectivity index (χ1v) is 17.1. The van der Waals surface area contributed by atoms with E-state index < -0.39 is 83.5 Å². The molecule has 4 aromatic heterocycles. The van der Waals surface area contributed by atoms with Crippen LogP contribution >= 0.6 is 15.6 Å². The maximum Gasteiger partial charge on any atom is 0.472 e. The Labute approximate surface area is 262 Å². The Bertz CT molecular complexity index is 1970. The predicted octanol–water partition coefficient (Wildman–Crippen LogP) is -0.692. The lowest BCUT2D eigenvalue weighted by molar-refractivity contribution is -0.0677. The molecule has 24 heteroatoms. The van der Waals surface area contributed by atoms with Crippen molar-refractivity contribution in [1.29, 1.82) is 0 Å². The van der Waals surface area contributed by atoms with Crippen molar-refractivity contribution < 1.29 is 56.3 Å². The van der Waals surface area contributed by atoms with Crippen molar-refractivity contribution in [3.8, 4) is 0 Å². The van der Waals surface area contributed by atoms with Crippen LogP contribution in [0.1, 0.15) is 19.4 Å². The van der Waals surface area contributed by atoms with Crippen LogP contribution in [0.3, 0.4) is 0 Å². The van der Waals surface area contributed by atoms with E-state index in [1.807, 2.05) is 0 Å². The van der Waals surface area contributed by atoms with Gasteiger partial charge in [-0.15, -0.1) is 0 Å². The summed E-state index contributed by atoms with van der Waals surface area (Å²) in [6.07, 6.45) is -7.33. The molecule has 0 spiro atoms. The van der Waals surface area contributed by atoms with E-state index in [-0.39, 0.29) is 35.2 Å². The van der Waals surface area contributed by atoms with Gasteiger partial charge in [-0.1, -0.05) is 0 Å². The van der Waals surface area contributed by atoms with E-state index in [2.05, 4.69) is 24.9 Å². The van der Waals surface area contributed by atoms with E-state index in [1.54, 1.807) is 13.0 Å². The number of ether oxygens (including phenoxy) is 3. The highest BCUT2D eigenvalue weighted by atomic mass is 31.2. The molecule has 7 heterocycles. The summed E-state index contributed by atoms with van der Waals surface area (Å²) < 4.78 is 68.7. The number of nitrogens with two attached hydrogens (primary N) is 2. The molecule has 3 aliphatic rings. The van der Waals surface area contributed by atoms with Crippen molar-refractivity contribution in [3.05, 3.63) is 35.3 Å². The van der Waals surface area contributed by atoms with Gasteiger partial charge < -0.3 is 45.1 Å². The molecule has 0 saturated carbocycles. The zero-order valence-corrected chi connectivity index (χ0v) is 26.0. The molecule has 3 aliphatic heterocycles. The van der Waals surface area contributed by atoms with E-state index in [9.17, 15) is 28.8 Å². The van der Waals surface area contributed by atoms with Crippen LogP contribution in [-0.4, -0.2) is 105 Å². The molecule has 47 heavy (non-hydrogen) atoms. The normalized spacial score (nSPS) is 36.6. The summed E-state index contributed by atoms with van der Waals surface area (Å²) in [6.45, 7) is 0.243. The maximum atomic E-state index is 13.5. The van der Waals surface area contributed by atoms with Crippen LogP contribution in [0.15, 0.2) is 29.7 Å². The average Bonchev–Trinajstić information content (AvgIpc) is 3.76. The molecule has 7 rings (SSSR count). The Kier molecular flexibility index (Phi) is 8.18. The molecule has 0 aliphatic carbocycles. The lowest BCUT2D eigenvalue weighted by Crippen LogP contribution is -2.38. The van der Waals surface area contributed by atoms with Gasteiger partial charge in [-0.3, -0.25) is 32.4 Å². The van der Waals surface area contributed by atoms with E-state index in [0.717, 1.165) is 0 Å². The van der Waals surface area contributed by atoms with Gasteiger partial charge in [0.25, 0.3) is 5.56 Å². The van der Waals surface area contributed by atoms with Crippen LogP contribution in [-0.2, 0) is 41.4 Å². The first-order valence-electron chi connectivity index (χ1n) is 14.1. The van der Waals surface area contributed by atoms with E-state index in [0.29, 0.717) is 5.39 Å². The summed E-state index contributed by atoms with van der Waals surface area (Å²) in [5.74, 6) is -0.0849. The summed E-state index contributed by atoms with van der Waals surface area (Å²) >= 11 is 0. The molecule has 10 atom stereocenters. The quantitative estimate of drug-likeness (QED) is 0.143. The van der Waals surface area contributed by atoms with Gasteiger partial charge in [0.1, 0.15) is 54.4 Å². The van der Waals surface area contributed by atoms with Crippen LogP contribution in [0.5, 0.6) is 0 Å². The SMILES string of the molecule is CCOC1[C@H]2COP(=O)(O)OC3[C@@H](COP(=O)(O)O[C@@H]1[C@H](n1cnc4c(=O)[nH]c(N)nc41)O2)O[C@@H](n1ccc2c(N)ncnc21)[C@H]3O. The van der Waals surface area contributed by atoms with Crippen LogP contribution in [0.25, 0.3) is 22.2 Å². The van der Waals surface area contributed by atoms with Crippen LogP contribution in [0.4, 0.5) is 11.8 Å². The first kappa shape index (κ1) is 32.2. The number of hydrogen-bond donors (Lipinski definition) is 6. The average molecular weight is 701 g/mol. The second-order valence-electron chi connectivity index (χ2n) is 10.7. The number of phosphoric ester groups is 2. The van der Waals surface area contributed by atoms with Gasteiger partial charge in [0, 0.05) is 12.8 Å². The molecule has 3 saturated heterocycles. The number of H-pyrrole nitrogens is 1. The number of hydrogen-bond acceptors (Lipinski definition) is 17. The fourth-order valence-electron chi connectivity index (χ4n) is 5.82. The fraction of sp³-hybridized carbons (Fsp3) is 0.522. The Morgan fingerprint density at radius 3 is 2.45 bits per heavy atom. The van der Waals surface area contributed by atoms with Gasteiger partial charge in [0.05, 0.1) is 24.9 Å². The minimum absolute atomic E-state index is 0.0483. The Hall–Kier alpha value is -3.37. The Morgan fingerprint density at radius 2 is 1.70 bits per heavy atom. The lowest BCUT2D eigenvalue weighted by atomic mass is 10.1. The third kappa shape index (κ3) is 5.86. The smallest absolute Gasteiger partial charge is 0.386 e. The molecule has 2 bridgehead atoms. The van der Waals surface area contributed by atoms with Crippen LogP contribution in [0, 0.1) is 0 Å². The second kappa shape index (κ2) is 11.9. The van der Waals surface area contributed by atoms with E-state index in [1.165, 1.54) is 28.0 Å². The van der Waals surface area contributed by atoms with Gasteiger partial charge in [-0.2, -0.15) is 4.98 Å². The summed E-state index contributed by atoms with van der Waals surface area (Å²) in [7, 11) is -10.1. The number of phosphoric acid groups is 2. The second-order valence-corrected chi connectivity index (χ2v) is 13.5. The molecular formula is C23H29N9O13P2. The largest absolute Gasteiger partial charge is 0.472 e. The number of aliphatic hydroxyl groups excluding tert-OH is 1. The molecule has 4 unspecified atom stereocenters. The van der Waals surface area contributed by atoms with Crippen molar-refractivity contribution in [1.82, 2.24) is 34.1 Å². The number of aromatic nitrogens is 7. The number of rotatable bonds is 4. The van der Waals surface area contributed by atoms with Crippen molar-refractivity contribution in [2.24, 2.45) is 0 Å². The van der Waals surface area contributed by atoms with Gasteiger partial charge in [-0.05, 0) is 13.0 Å². The summed E-state index contributed by atoms with van der Waals surface area (Å²) in [6, 6.07) is 1.58. The third-order valence-electron chi connectivity index (χ3n) is 7.81. The number of aromatic amines is 1. The first-order chi connectivity index (χ1) is 22.4. The summed E-state index contributed by atoms with van der Waals surface area (Å²) in [5.41, 5.74) is 11.1. The number of nitrogen functional groups attached to an aromatic ring is 2. The zero-order valence-electron chi connectivity index (χ0n) is 24.2. The molecule has 3 fully saturated rings. The number of aliphatic hydroxyl groups is 1. The van der Waals surface area contributed by atoms with Crippen molar-refractivity contribution in [2.75, 3.05) is 31.3 Å². The zero-order chi connectivity index (χ0) is 33.2. The maximum absolute atomic E-state index is 13.5. The van der Waals surface area contributed by atoms with Crippen LogP contribution < -0.4 is 17.0 Å². The van der Waals surface area contributed by atoms with E-state index in [4.69, 9.17) is 43.8 Å². The van der Waals surface area contributed by atoms with E-state index >= 15 is 0 Å². The fourth-order valence-corrected chi connectivity index (χ4v) is 7.71. The minimum atomic E-state index is -5.05. The van der Waals surface area contributed by atoms with Gasteiger partial charge in [0.2, 0.25) is 5.95 Å². The predicted molar refractivity (Wildman–Crippen MR) is 155 cm³/mol. The molecule has 4 aromatic rings. The van der Waals surface area contributed by atoms with Crippen molar-refractivity contribution in [3.63, 3.8) is 0 Å². The molecular weight excluding hydrogens is 672 g/mol. The summed E-state index contributed by atoms with van der Waals surface area (Å²) in [5, 5.41) is 11.7. The highest BCUT2D eigenvalue weighted by Crippen LogP contribution is 2.54. The number of imidazole rings is 1. The topological polar surface area (TPSA) is 306 Å². The van der Waals surface area contributed by atoms with Gasteiger partial charge in [0.15, 0.2) is 23.6 Å². The molecule has 8 N–H and O–H groups in total. The molecule has 0 amide bonds. The monoisotopic (exact) mass is 701 g/mol. The highest BCUT2D eigenvalue weighted by molar-refractivity contribution is 7.47. The molecule has 0 radical (unpaired) electrons. The van der Waals surface area contributed by atoms with Gasteiger partial charge in [-0.25, -0.2) is 24.1 Å². The van der Waals surface area contributed by atoms with Crippen LogP contribution in [0.2, 0.25) is 0 Å². The third-order valence-corrected chi connectivity index (χ3v) is 9.78. The van der Waals surface area contributed by atoms with Gasteiger partial charge >= 0.3 is 15.6 Å². The van der Waals surface area contributed by atoms with Crippen molar-refractivity contribution in [2.45, 2.75) is 56.0 Å². The number of nitrogens with zero attached hydrogens (tertiary/aromatic N) is 6.